The summed E-state index contributed by atoms with van der Waals surface area (Å²) < 4.78 is 13.0. The highest BCUT2D eigenvalue weighted by Crippen LogP contribution is 2.09. The van der Waals surface area contributed by atoms with Gasteiger partial charge in [0.15, 0.2) is 0 Å². The molecule has 2 aromatic rings. The van der Waals surface area contributed by atoms with Crippen LogP contribution in [0.25, 0.3) is 10.9 Å². The van der Waals surface area contributed by atoms with Crippen LogP contribution in [0.1, 0.15) is 0 Å². The van der Waals surface area contributed by atoms with Crippen molar-refractivity contribution < 1.29 is 4.39 Å². The number of nitrogens with zero attached hydrogens (tertiary/aromatic N) is 1. The predicted octanol–water partition coefficient (Wildman–Crippen LogP) is 1.48. The number of fused-ring (bicyclic) bond motifs is 1. The fourth-order valence-electron chi connectivity index (χ4n) is 1.06. The maximum atomic E-state index is 13.0. The van der Waals surface area contributed by atoms with Crippen LogP contribution >= 0.6 is 12.4 Å². The molecule has 0 amide bonds. The van der Waals surface area contributed by atoms with Crippen molar-refractivity contribution in [3.8, 4) is 0 Å². The standard InChI is InChI=1S/C8H5FN2O.ClH/c9-6-3-1-2-5-7(6)10-4-11-8(5)12;/h1-4H,(H,10,11,12);1H. The van der Waals surface area contributed by atoms with Crippen molar-refractivity contribution in [2.45, 2.75) is 0 Å². The van der Waals surface area contributed by atoms with Crippen LogP contribution in [0.2, 0.25) is 0 Å². The summed E-state index contributed by atoms with van der Waals surface area (Å²) in [5, 5.41) is 0.275. The summed E-state index contributed by atoms with van der Waals surface area (Å²) in [6.07, 6.45) is 1.19. The summed E-state index contributed by atoms with van der Waals surface area (Å²) in [4.78, 5) is 17.1. The first-order chi connectivity index (χ1) is 5.79. The Labute approximate surface area is 79.0 Å². The van der Waals surface area contributed by atoms with Gasteiger partial charge in [0.05, 0.1) is 11.7 Å². The Balaban J connectivity index is 0.000000845. The zero-order valence-electron chi connectivity index (χ0n) is 6.45. The van der Waals surface area contributed by atoms with Crippen molar-refractivity contribution in [2.75, 3.05) is 0 Å². The summed E-state index contributed by atoms with van der Waals surface area (Å²) in [5.74, 6) is -0.474. The van der Waals surface area contributed by atoms with Gasteiger partial charge in [0.2, 0.25) is 0 Å². The maximum absolute atomic E-state index is 13.0. The Morgan fingerprint density at radius 2 is 2.15 bits per heavy atom. The number of aromatic nitrogens is 2. The zero-order valence-corrected chi connectivity index (χ0v) is 7.27. The summed E-state index contributed by atoms with van der Waals surface area (Å²) in [6, 6.07) is 4.29. The number of rotatable bonds is 0. The molecule has 3 nitrogen and oxygen atoms in total. The lowest BCUT2D eigenvalue weighted by atomic mass is 10.2. The number of hydrogen-bond donors (Lipinski definition) is 1. The van der Waals surface area contributed by atoms with E-state index in [2.05, 4.69) is 9.97 Å². The largest absolute Gasteiger partial charge is 0.313 e. The molecule has 1 aromatic carbocycles. The van der Waals surface area contributed by atoms with Gasteiger partial charge in [0.25, 0.3) is 5.56 Å². The van der Waals surface area contributed by atoms with Crippen molar-refractivity contribution in [1.82, 2.24) is 9.97 Å². The van der Waals surface area contributed by atoms with Gasteiger partial charge in [-0.1, -0.05) is 6.07 Å². The van der Waals surface area contributed by atoms with E-state index in [1.807, 2.05) is 0 Å². The van der Waals surface area contributed by atoms with Crippen LogP contribution in [-0.2, 0) is 0 Å². The second-order valence-corrected chi connectivity index (χ2v) is 2.37. The predicted molar refractivity (Wildman–Crippen MR) is 49.6 cm³/mol. The average molecular weight is 201 g/mol. The van der Waals surface area contributed by atoms with Gasteiger partial charge in [0.1, 0.15) is 11.3 Å². The van der Waals surface area contributed by atoms with Gasteiger partial charge in [-0.3, -0.25) is 4.79 Å². The van der Waals surface area contributed by atoms with E-state index >= 15 is 0 Å². The third-order valence-corrected chi connectivity index (χ3v) is 1.62. The van der Waals surface area contributed by atoms with Crippen LogP contribution in [0, 0.1) is 5.82 Å². The molecule has 1 N–H and O–H groups in total. The molecule has 1 heterocycles. The Bertz CT molecular complexity index is 483. The molecule has 1 aromatic heterocycles. The summed E-state index contributed by atoms with van der Waals surface area (Å²) in [5.41, 5.74) is -0.208. The Kier molecular flexibility index (Phi) is 2.63. The van der Waals surface area contributed by atoms with Crippen molar-refractivity contribution in [1.29, 1.82) is 0 Å². The van der Waals surface area contributed by atoms with Gasteiger partial charge in [-0.25, -0.2) is 9.37 Å². The molecule has 5 heteroatoms. The average Bonchev–Trinajstić information content (AvgIpc) is 2.07. The van der Waals surface area contributed by atoms with Crippen LogP contribution < -0.4 is 5.56 Å². The van der Waals surface area contributed by atoms with Crippen LogP contribution in [0.5, 0.6) is 0 Å². The minimum Gasteiger partial charge on any atom is -0.313 e. The van der Waals surface area contributed by atoms with Crippen molar-refractivity contribution >= 4 is 23.3 Å². The van der Waals surface area contributed by atoms with Gasteiger partial charge < -0.3 is 4.98 Å². The first-order valence-corrected chi connectivity index (χ1v) is 3.41. The van der Waals surface area contributed by atoms with E-state index in [9.17, 15) is 9.18 Å². The van der Waals surface area contributed by atoms with E-state index < -0.39 is 5.82 Å². The molecule has 0 saturated heterocycles. The lowest BCUT2D eigenvalue weighted by molar-refractivity contribution is 0.636. The fraction of sp³-hybridized carbons (Fsp3) is 0. The van der Waals surface area contributed by atoms with Gasteiger partial charge in [0, 0.05) is 0 Å². The lowest BCUT2D eigenvalue weighted by Crippen LogP contribution is -2.06. The molecule has 0 unspecified atom stereocenters. The molecule has 0 aliphatic carbocycles. The number of nitrogens with one attached hydrogen (secondary N) is 1. The zero-order chi connectivity index (χ0) is 8.55. The van der Waals surface area contributed by atoms with Gasteiger partial charge in [-0.15, -0.1) is 12.4 Å². The van der Waals surface area contributed by atoms with Gasteiger partial charge in [-0.2, -0.15) is 0 Å². The van der Waals surface area contributed by atoms with E-state index in [-0.39, 0.29) is 28.9 Å². The minimum atomic E-state index is -0.474. The molecule has 0 radical (unpaired) electrons. The van der Waals surface area contributed by atoms with E-state index in [0.29, 0.717) is 0 Å². The minimum absolute atomic E-state index is 0. The molecule has 0 aliphatic heterocycles. The second kappa shape index (κ2) is 3.53. The number of para-hydroxylation sites is 1. The molecule has 2 rings (SSSR count). The fourth-order valence-corrected chi connectivity index (χ4v) is 1.06. The molecule has 13 heavy (non-hydrogen) atoms. The highest BCUT2D eigenvalue weighted by atomic mass is 35.5. The number of benzene rings is 1. The molecule has 0 bridgehead atoms. The Morgan fingerprint density at radius 3 is 2.85 bits per heavy atom. The molecule has 0 aliphatic rings. The molecular formula is C8H6ClFN2O. The maximum Gasteiger partial charge on any atom is 0.258 e. The van der Waals surface area contributed by atoms with E-state index in [1.54, 1.807) is 0 Å². The van der Waals surface area contributed by atoms with Crippen molar-refractivity contribution in [3.05, 3.63) is 40.7 Å². The van der Waals surface area contributed by atoms with Crippen molar-refractivity contribution in [2.24, 2.45) is 0 Å². The molecule has 0 spiro atoms. The van der Waals surface area contributed by atoms with Crippen LogP contribution in [0.3, 0.4) is 0 Å². The summed E-state index contributed by atoms with van der Waals surface area (Å²) >= 11 is 0. The van der Waals surface area contributed by atoms with E-state index in [0.717, 1.165) is 0 Å². The highest BCUT2D eigenvalue weighted by Gasteiger charge is 2.02. The first kappa shape index (κ1) is 9.67. The quantitative estimate of drug-likeness (QED) is 0.700. The second-order valence-electron chi connectivity index (χ2n) is 2.37. The summed E-state index contributed by atoms with van der Waals surface area (Å²) in [6.45, 7) is 0. The topological polar surface area (TPSA) is 45.8 Å². The molecular weight excluding hydrogens is 195 g/mol. The van der Waals surface area contributed by atoms with Crippen LogP contribution in [-0.4, -0.2) is 9.97 Å². The van der Waals surface area contributed by atoms with Gasteiger partial charge >= 0.3 is 0 Å². The third-order valence-electron chi connectivity index (χ3n) is 1.62. The lowest BCUT2D eigenvalue weighted by Gasteiger charge is -1.94. The van der Waals surface area contributed by atoms with Gasteiger partial charge in [-0.05, 0) is 12.1 Å². The van der Waals surface area contributed by atoms with Crippen LogP contribution in [0.4, 0.5) is 4.39 Å². The Hall–Kier alpha value is -1.42. The van der Waals surface area contributed by atoms with Crippen LogP contribution in [0.15, 0.2) is 29.3 Å². The number of halogens is 2. The van der Waals surface area contributed by atoms with E-state index in [4.69, 9.17) is 0 Å². The Morgan fingerprint density at radius 1 is 1.38 bits per heavy atom. The number of aromatic amines is 1. The molecule has 68 valence electrons. The third kappa shape index (κ3) is 1.53. The monoisotopic (exact) mass is 200 g/mol. The molecule has 0 fully saturated rings. The summed E-state index contributed by atoms with van der Waals surface area (Å²) in [7, 11) is 0. The smallest absolute Gasteiger partial charge is 0.258 e. The highest BCUT2D eigenvalue weighted by molar-refractivity contribution is 5.85. The van der Waals surface area contributed by atoms with E-state index in [1.165, 1.54) is 24.5 Å². The first-order valence-electron chi connectivity index (χ1n) is 3.41. The molecule has 0 saturated carbocycles. The number of hydrogen-bond acceptors (Lipinski definition) is 2. The SMILES string of the molecule is Cl.O=c1[nH]cnc2c(F)cccc12. The normalized spacial score (nSPS) is 9.62. The molecule has 0 atom stereocenters. The number of H-pyrrole nitrogens is 1. The van der Waals surface area contributed by atoms with Crippen molar-refractivity contribution in [3.63, 3.8) is 0 Å².